The second-order valence-corrected chi connectivity index (χ2v) is 12.6. The molecule has 4 atom stereocenters. The number of benzene rings is 2. The van der Waals surface area contributed by atoms with E-state index in [1.165, 1.54) is 0 Å². The maximum atomic E-state index is 13.4. The quantitative estimate of drug-likeness (QED) is 0.252. The molecule has 1 aliphatic heterocycles. The molecule has 4 N–H and O–H groups in total. The number of carbonyl (C=O) groups excluding carboxylic acids is 3. The van der Waals surface area contributed by atoms with Gasteiger partial charge in [0.2, 0.25) is 5.91 Å². The summed E-state index contributed by atoms with van der Waals surface area (Å²) in [5.74, 6) is 0.666. The van der Waals surface area contributed by atoms with Crippen LogP contribution in [0.2, 0.25) is 0 Å². The first-order valence-electron chi connectivity index (χ1n) is 16.4. The van der Waals surface area contributed by atoms with Gasteiger partial charge in [0.1, 0.15) is 6.04 Å². The van der Waals surface area contributed by atoms with Crippen molar-refractivity contribution in [3.05, 3.63) is 75.6 Å². The van der Waals surface area contributed by atoms with Crippen molar-refractivity contribution in [3.8, 4) is 6.07 Å². The van der Waals surface area contributed by atoms with Gasteiger partial charge in [-0.25, -0.2) is 5.10 Å². The molecule has 0 spiro atoms. The summed E-state index contributed by atoms with van der Waals surface area (Å²) in [6.45, 7) is 7.02. The lowest BCUT2D eigenvalue weighted by atomic mass is 9.67. The van der Waals surface area contributed by atoms with Crippen LogP contribution in [0.3, 0.4) is 0 Å². The van der Waals surface area contributed by atoms with Crippen molar-refractivity contribution in [1.82, 2.24) is 41.5 Å². The van der Waals surface area contributed by atoms with Crippen LogP contribution in [0.15, 0.2) is 36.4 Å². The van der Waals surface area contributed by atoms with Crippen molar-refractivity contribution < 1.29 is 14.4 Å². The van der Waals surface area contributed by atoms with Gasteiger partial charge in [0, 0.05) is 36.3 Å². The number of aryl methyl sites for hydroxylation is 2. The van der Waals surface area contributed by atoms with E-state index in [1.54, 1.807) is 4.90 Å². The van der Waals surface area contributed by atoms with E-state index in [9.17, 15) is 19.6 Å². The van der Waals surface area contributed by atoms with E-state index in [0.717, 1.165) is 35.1 Å². The van der Waals surface area contributed by atoms with Gasteiger partial charge < -0.3 is 20.9 Å². The highest BCUT2D eigenvalue weighted by Crippen LogP contribution is 2.48. The summed E-state index contributed by atoms with van der Waals surface area (Å²) in [6.07, 6.45) is 4.25. The number of nitrogens with one attached hydrogen (secondary N) is 4. The number of piperidine rings is 1. The largest absolute Gasteiger partial charge is 0.352 e. The fourth-order valence-corrected chi connectivity index (χ4v) is 7.55. The Morgan fingerprint density at radius 3 is 2.15 bits per heavy atom. The molecule has 0 unspecified atom stereocenters. The molecule has 3 aliphatic rings. The lowest BCUT2D eigenvalue weighted by Crippen LogP contribution is -2.47. The fraction of sp³-hybridized carbons (Fsp3) is 0.500. The van der Waals surface area contributed by atoms with Crippen LogP contribution in [0.1, 0.15) is 95.2 Å². The number of H-pyrrole nitrogens is 1. The van der Waals surface area contributed by atoms with Crippen molar-refractivity contribution in [2.45, 2.75) is 82.8 Å². The molecule has 3 amide bonds. The maximum Gasteiger partial charge on any atom is 0.251 e. The monoisotopic (exact) mass is 623 g/mol. The molecule has 2 aliphatic carbocycles. The van der Waals surface area contributed by atoms with Crippen molar-refractivity contribution >= 4 is 17.7 Å². The highest BCUT2D eigenvalue weighted by atomic mass is 16.2. The van der Waals surface area contributed by atoms with Gasteiger partial charge in [-0.3, -0.25) is 14.4 Å². The summed E-state index contributed by atoms with van der Waals surface area (Å²) >= 11 is 0. The molecule has 12 heteroatoms. The number of amides is 3. The Morgan fingerprint density at radius 1 is 1.00 bits per heavy atom. The molecular weight excluding hydrogens is 582 g/mol. The number of tetrazole rings is 1. The molecule has 240 valence electrons. The fourth-order valence-electron chi connectivity index (χ4n) is 7.55. The lowest BCUT2D eigenvalue weighted by Gasteiger charge is -2.37. The summed E-state index contributed by atoms with van der Waals surface area (Å²) in [6, 6.07) is 13.6. The summed E-state index contributed by atoms with van der Waals surface area (Å²) < 4.78 is 0. The molecule has 0 radical (unpaired) electrons. The number of hydrogen-bond acceptors (Lipinski definition) is 8. The van der Waals surface area contributed by atoms with Gasteiger partial charge in [-0.05, 0) is 115 Å². The van der Waals surface area contributed by atoms with Gasteiger partial charge in [0.25, 0.3) is 11.8 Å². The van der Waals surface area contributed by atoms with Crippen LogP contribution in [0.5, 0.6) is 0 Å². The minimum Gasteiger partial charge on any atom is -0.352 e. The van der Waals surface area contributed by atoms with Crippen LogP contribution in [-0.4, -0.2) is 81.0 Å². The van der Waals surface area contributed by atoms with E-state index in [1.807, 2.05) is 50.2 Å². The molecule has 2 heterocycles. The standard InChI is InChI=1S/C34H41N9O3/c1-4-25(38-19-30(44)43-26(18-35)15-24-16-29(24)43)17-34(33-39-41-42-40-33)27-11-9-22(31(45)36-5-2)13-20(27)7-8-21-14-23(10-12-28(21)34)32(46)37-6-3/h9-14,24-26,29,38H,4-8,15-17,19H2,1-3H3,(H,36,45)(H,37,46)(H,39,40,41,42)/t24-,25+,26+,29+/m1/s1. The third-order valence-electron chi connectivity index (χ3n) is 9.87. The SMILES string of the molecule is CCNC(=O)c1ccc2c(c1)CCc1cc(C(=O)NCC)ccc1C2(C[C@H](CC)NCC(=O)N1[C@H](C#N)C[C@@H]2C[C@@H]21)c1nnn[nH]1. The Hall–Kier alpha value is -4.63. The van der Waals surface area contributed by atoms with Crippen LogP contribution < -0.4 is 16.0 Å². The first-order chi connectivity index (χ1) is 22.3. The zero-order chi connectivity index (χ0) is 32.4. The average molecular weight is 624 g/mol. The molecule has 12 nitrogen and oxygen atoms in total. The van der Waals surface area contributed by atoms with Crippen molar-refractivity contribution in [3.63, 3.8) is 0 Å². The Bertz CT molecular complexity index is 1590. The second-order valence-electron chi connectivity index (χ2n) is 12.6. The topological polar surface area (TPSA) is 169 Å². The van der Waals surface area contributed by atoms with Crippen LogP contribution in [0.4, 0.5) is 0 Å². The van der Waals surface area contributed by atoms with Gasteiger partial charge >= 0.3 is 0 Å². The van der Waals surface area contributed by atoms with E-state index in [4.69, 9.17) is 0 Å². The number of nitriles is 1. The molecule has 1 aromatic heterocycles. The van der Waals surface area contributed by atoms with Crippen molar-refractivity contribution in [2.24, 2.45) is 5.92 Å². The third-order valence-corrected chi connectivity index (χ3v) is 9.87. The predicted molar refractivity (Wildman–Crippen MR) is 170 cm³/mol. The third kappa shape index (κ3) is 5.64. The molecule has 6 rings (SSSR count). The minimum absolute atomic E-state index is 0.0507. The van der Waals surface area contributed by atoms with E-state index < -0.39 is 5.41 Å². The van der Waals surface area contributed by atoms with Crippen molar-refractivity contribution in [2.75, 3.05) is 19.6 Å². The maximum absolute atomic E-state index is 13.4. The molecule has 1 saturated carbocycles. The smallest absolute Gasteiger partial charge is 0.251 e. The number of hydrogen-bond donors (Lipinski definition) is 4. The van der Waals surface area contributed by atoms with E-state index in [2.05, 4.69) is 49.6 Å². The average Bonchev–Trinajstić information content (AvgIpc) is 3.45. The zero-order valence-corrected chi connectivity index (χ0v) is 26.6. The number of nitrogens with zero attached hydrogens (tertiary/aromatic N) is 5. The Balaban J connectivity index is 1.42. The normalized spacial score (nSPS) is 21.2. The van der Waals surface area contributed by atoms with Gasteiger partial charge in [0.05, 0.1) is 18.0 Å². The molecule has 2 fully saturated rings. The van der Waals surface area contributed by atoms with Gasteiger partial charge in [-0.1, -0.05) is 19.1 Å². The molecule has 1 saturated heterocycles. The minimum atomic E-state index is -0.884. The number of aromatic nitrogens is 4. The summed E-state index contributed by atoms with van der Waals surface area (Å²) in [5, 5.41) is 34.5. The molecule has 46 heavy (non-hydrogen) atoms. The van der Waals surface area contributed by atoms with Crippen LogP contribution >= 0.6 is 0 Å². The van der Waals surface area contributed by atoms with E-state index >= 15 is 0 Å². The Morgan fingerprint density at radius 2 is 1.63 bits per heavy atom. The summed E-state index contributed by atoms with van der Waals surface area (Å²) in [5.41, 5.74) is 4.20. The van der Waals surface area contributed by atoms with Crippen LogP contribution in [0.25, 0.3) is 0 Å². The summed E-state index contributed by atoms with van der Waals surface area (Å²) in [7, 11) is 0. The number of carbonyl (C=O) groups is 3. The molecule has 0 bridgehead atoms. The molecule has 2 aromatic carbocycles. The van der Waals surface area contributed by atoms with E-state index in [0.29, 0.717) is 61.6 Å². The number of likely N-dealkylation sites (tertiary alicyclic amines) is 1. The molecular formula is C34H41N9O3. The van der Waals surface area contributed by atoms with E-state index in [-0.39, 0.29) is 42.4 Å². The van der Waals surface area contributed by atoms with Crippen LogP contribution in [-0.2, 0) is 23.1 Å². The first kappa shape index (κ1) is 31.4. The number of fused-ring (bicyclic) bond motifs is 3. The van der Waals surface area contributed by atoms with Gasteiger partial charge in [0.15, 0.2) is 5.82 Å². The second kappa shape index (κ2) is 13.0. The number of rotatable bonds is 11. The Kier molecular flexibility index (Phi) is 8.86. The first-order valence-corrected chi connectivity index (χ1v) is 16.4. The van der Waals surface area contributed by atoms with Crippen molar-refractivity contribution in [1.29, 1.82) is 5.26 Å². The zero-order valence-electron chi connectivity index (χ0n) is 26.6. The van der Waals surface area contributed by atoms with Gasteiger partial charge in [-0.2, -0.15) is 5.26 Å². The Labute approximate surface area is 268 Å². The summed E-state index contributed by atoms with van der Waals surface area (Å²) in [4.78, 5) is 41.0. The highest BCUT2D eigenvalue weighted by molar-refractivity contribution is 5.95. The predicted octanol–water partition coefficient (Wildman–Crippen LogP) is 2.40. The number of aromatic amines is 1. The molecule has 3 aromatic rings. The lowest BCUT2D eigenvalue weighted by molar-refractivity contribution is -0.131. The highest BCUT2D eigenvalue weighted by Gasteiger charge is 2.54. The van der Waals surface area contributed by atoms with Gasteiger partial charge in [-0.15, -0.1) is 5.10 Å². The van der Waals surface area contributed by atoms with Crippen LogP contribution in [0, 0.1) is 17.2 Å².